The molecule has 1 atom stereocenters. The maximum Gasteiger partial charge on any atom is 0.224 e. The summed E-state index contributed by atoms with van der Waals surface area (Å²) in [7, 11) is 1.87. The van der Waals surface area contributed by atoms with Crippen molar-refractivity contribution in [3.05, 3.63) is 35.9 Å². The Balaban J connectivity index is 1.91. The Morgan fingerprint density at radius 1 is 1.44 bits per heavy atom. The van der Waals surface area contributed by atoms with Crippen LogP contribution in [0.3, 0.4) is 0 Å². The van der Waals surface area contributed by atoms with E-state index >= 15 is 0 Å². The summed E-state index contributed by atoms with van der Waals surface area (Å²) in [5.41, 5.74) is 7.03. The topological polar surface area (TPSA) is 46.3 Å². The van der Waals surface area contributed by atoms with Crippen LogP contribution in [0.1, 0.15) is 30.9 Å². The molecule has 1 unspecified atom stereocenters. The number of hydrogen-bond donors (Lipinski definition) is 1. The molecule has 16 heavy (non-hydrogen) atoms. The molecule has 1 aromatic rings. The molecule has 2 rings (SSSR count). The minimum absolute atomic E-state index is 0.152. The number of nitrogens with two attached hydrogens (primary N) is 1. The molecule has 0 aliphatic heterocycles. The van der Waals surface area contributed by atoms with E-state index in [2.05, 4.69) is 0 Å². The summed E-state index contributed by atoms with van der Waals surface area (Å²) in [5, 5.41) is 0. The van der Waals surface area contributed by atoms with Crippen LogP contribution in [0, 0.1) is 0 Å². The van der Waals surface area contributed by atoms with Crippen molar-refractivity contribution in [3.8, 4) is 0 Å². The Morgan fingerprint density at radius 3 is 2.62 bits per heavy atom. The van der Waals surface area contributed by atoms with Gasteiger partial charge in [-0.05, 0) is 18.4 Å². The van der Waals surface area contributed by atoms with Crippen molar-refractivity contribution in [2.75, 3.05) is 7.05 Å². The smallest absolute Gasteiger partial charge is 0.224 e. The summed E-state index contributed by atoms with van der Waals surface area (Å²) >= 11 is 0. The maximum atomic E-state index is 11.9. The van der Waals surface area contributed by atoms with Gasteiger partial charge < -0.3 is 10.6 Å². The molecule has 1 amide bonds. The molecular weight excluding hydrogens is 200 g/mol. The SMILES string of the molecule is CN(C(=O)CC(N)c1ccccc1)C1CC1. The molecule has 3 heteroatoms. The lowest BCUT2D eigenvalue weighted by Crippen LogP contribution is -2.31. The zero-order valence-corrected chi connectivity index (χ0v) is 9.60. The van der Waals surface area contributed by atoms with Crippen LogP contribution in [0.25, 0.3) is 0 Å². The second-order valence-corrected chi connectivity index (χ2v) is 4.46. The van der Waals surface area contributed by atoms with Crippen molar-refractivity contribution in [2.24, 2.45) is 5.73 Å². The summed E-state index contributed by atoms with van der Waals surface area (Å²) in [6.45, 7) is 0. The Bertz CT molecular complexity index is 359. The third-order valence-corrected chi connectivity index (χ3v) is 3.11. The van der Waals surface area contributed by atoms with Crippen LogP contribution in [0.15, 0.2) is 30.3 Å². The first kappa shape index (κ1) is 11.1. The predicted octanol–water partition coefficient (Wildman–Crippen LogP) is 1.70. The quantitative estimate of drug-likeness (QED) is 0.836. The third-order valence-electron chi connectivity index (χ3n) is 3.11. The highest BCUT2D eigenvalue weighted by molar-refractivity contribution is 5.77. The summed E-state index contributed by atoms with van der Waals surface area (Å²) in [5.74, 6) is 0.152. The molecule has 1 aliphatic rings. The molecule has 1 saturated carbocycles. The molecular formula is C13H18N2O. The van der Waals surface area contributed by atoms with Gasteiger partial charge in [-0.1, -0.05) is 30.3 Å². The summed E-state index contributed by atoms with van der Waals surface area (Å²) in [6.07, 6.45) is 2.68. The number of rotatable bonds is 4. The van der Waals surface area contributed by atoms with Crippen molar-refractivity contribution in [1.29, 1.82) is 0 Å². The lowest BCUT2D eigenvalue weighted by molar-refractivity contribution is -0.130. The highest BCUT2D eigenvalue weighted by Crippen LogP contribution is 2.26. The van der Waals surface area contributed by atoms with Gasteiger partial charge in [0.25, 0.3) is 0 Å². The Labute approximate surface area is 96.2 Å². The highest BCUT2D eigenvalue weighted by atomic mass is 16.2. The van der Waals surface area contributed by atoms with Gasteiger partial charge in [-0.15, -0.1) is 0 Å². The summed E-state index contributed by atoms with van der Waals surface area (Å²) < 4.78 is 0. The van der Waals surface area contributed by atoms with E-state index in [0.717, 1.165) is 18.4 Å². The fraction of sp³-hybridized carbons (Fsp3) is 0.462. The van der Waals surface area contributed by atoms with E-state index in [-0.39, 0.29) is 11.9 Å². The zero-order chi connectivity index (χ0) is 11.5. The van der Waals surface area contributed by atoms with Crippen molar-refractivity contribution < 1.29 is 4.79 Å². The van der Waals surface area contributed by atoms with Crippen LogP contribution in [0.4, 0.5) is 0 Å². The molecule has 0 spiro atoms. The maximum absolute atomic E-state index is 11.9. The molecule has 0 aromatic heterocycles. The van der Waals surface area contributed by atoms with Gasteiger partial charge >= 0.3 is 0 Å². The van der Waals surface area contributed by atoms with E-state index in [0.29, 0.717) is 12.5 Å². The minimum atomic E-state index is -0.185. The fourth-order valence-corrected chi connectivity index (χ4v) is 1.82. The Morgan fingerprint density at radius 2 is 2.06 bits per heavy atom. The third kappa shape index (κ3) is 2.61. The first-order valence-electron chi connectivity index (χ1n) is 5.74. The molecule has 86 valence electrons. The zero-order valence-electron chi connectivity index (χ0n) is 9.60. The van der Waals surface area contributed by atoms with E-state index in [4.69, 9.17) is 5.73 Å². The van der Waals surface area contributed by atoms with Gasteiger partial charge in [-0.2, -0.15) is 0 Å². The second kappa shape index (κ2) is 4.66. The van der Waals surface area contributed by atoms with Gasteiger partial charge in [0.1, 0.15) is 0 Å². The van der Waals surface area contributed by atoms with Crippen LogP contribution in [0.5, 0.6) is 0 Å². The average molecular weight is 218 g/mol. The first-order valence-corrected chi connectivity index (χ1v) is 5.74. The van der Waals surface area contributed by atoms with E-state index in [1.165, 1.54) is 0 Å². The highest BCUT2D eigenvalue weighted by Gasteiger charge is 2.30. The number of nitrogens with zero attached hydrogens (tertiary/aromatic N) is 1. The van der Waals surface area contributed by atoms with E-state index in [9.17, 15) is 4.79 Å². The van der Waals surface area contributed by atoms with Gasteiger partial charge in [0.2, 0.25) is 5.91 Å². The molecule has 0 bridgehead atoms. The van der Waals surface area contributed by atoms with E-state index < -0.39 is 0 Å². The van der Waals surface area contributed by atoms with Crippen molar-refractivity contribution in [3.63, 3.8) is 0 Å². The van der Waals surface area contributed by atoms with Crippen LogP contribution >= 0.6 is 0 Å². The van der Waals surface area contributed by atoms with Crippen molar-refractivity contribution >= 4 is 5.91 Å². The van der Waals surface area contributed by atoms with Crippen molar-refractivity contribution in [2.45, 2.75) is 31.3 Å². The van der Waals surface area contributed by atoms with Crippen LogP contribution < -0.4 is 5.73 Å². The van der Waals surface area contributed by atoms with Crippen molar-refractivity contribution in [1.82, 2.24) is 4.90 Å². The molecule has 1 aliphatic carbocycles. The molecule has 0 saturated heterocycles. The molecule has 0 radical (unpaired) electrons. The number of carbonyl (C=O) groups excluding carboxylic acids is 1. The van der Waals surface area contributed by atoms with Crippen LogP contribution in [0.2, 0.25) is 0 Å². The van der Waals surface area contributed by atoms with E-state index in [1.54, 1.807) is 0 Å². The molecule has 0 heterocycles. The fourth-order valence-electron chi connectivity index (χ4n) is 1.82. The largest absolute Gasteiger partial charge is 0.343 e. The molecule has 1 aromatic carbocycles. The number of benzene rings is 1. The molecule has 3 nitrogen and oxygen atoms in total. The Hall–Kier alpha value is -1.35. The van der Waals surface area contributed by atoms with Crippen LogP contribution in [-0.2, 0) is 4.79 Å². The molecule has 2 N–H and O–H groups in total. The summed E-state index contributed by atoms with van der Waals surface area (Å²) in [4.78, 5) is 13.7. The number of amides is 1. The predicted molar refractivity (Wildman–Crippen MR) is 63.8 cm³/mol. The van der Waals surface area contributed by atoms with Gasteiger partial charge in [0.05, 0.1) is 0 Å². The minimum Gasteiger partial charge on any atom is -0.343 e. The first-order chi connectivity index (χ1) is 7.68. The second-order valence-electron chi connectivity index (χ2n) is 4.46. The normalized spacial score (nSPS) is 16.9. The van der Waals surface area contributed by atoms with Gasteiger partial charge in [-0.25, -0.2) is 0 Å². The number of hydrogen-bond acceptors (Lipinski definition) is 2. The Kier molecular flexibility index (Phi) is 3.25. The lowest BCUT2D eigenvalue weighted by atomic mass is 10.0. The monoisotopic (exact) mass is 218 g/mol. The summed E-state index contributed by atoms with van der Waals surface area (Å²) in [6, 6.07) is 10.1. The lowest BCUT2D eigenvalue weighted by Gasteiger charge is -2.19. The van der Waals surface area contributed by atoms with Crippen LogP contribution in [-0.4, -0.2) is 23.9 Å². The average Bonchev–Trinajstić information content (AvgIpc) is 3.13. The number of carbonyl (C=O) groups is 1. The standard InChI is InChI=1S/C13H18N2O/c1-15(11-7-8-11)13(16)9-12(14)10-5-3-2-4-6-10/h2-6,11-12H,7-9,14H2,1H3. The van der Waals surface area contributed by atoms with E-state index in [1.807, 2.05) is 42.3 Å². The van der Waals surface area contributed by atoms with Gasteiger partial charge in [0, 0.05) is 25.6 Å². The van der Waals surface area contributed by atoms with Gasteiger partial charge in [-0.3, -0.25) is 4.79 Å². The van der Waals surface area contributed by atoms with Gasteiger partial charge in [0.15, 0.2) is 0 Å². The molecule has 1 fully saturated rings.